The summed E-state index contributed by atoms with van der Waals surface area (Å²) in [5.74, 6) is -0.241. The number of nitrogens with zero attached hydrogens (tertiary/aromatic N) is 3. The molecule has 0 spiro atoms. The first-order valence-corrected chi connectivity index (χ1v) is 5.76. The minimum Gasteiger partial charge on any atom is -0.490 e. The number of aromatic nitrogens is 2. The largest absolute Gasteiger partial charge is 0.490 e. The van der Waals surface area contributed by atoms with Crippen LogP contribution in [0.1, 0.15) is 10.5 Å². The van der Waals surface area contributed by atoms with Gasteiger partial charge in [0, 0.05) is 18.5 Å². The van der Waals surface area contributed by atoms with Gasteiger partial charge in [0.25, 0.3) is 5.91 Å². The molecule has 0 fully saturated rings. The molecular weight excluding hydrogens is 249 g/mol. The first-order valence-electron chi connectivity index (χ1n) is 5.76. The van der Waals surface area contributed by atoms with E-state index < -0.39 is 5.82 Å². The Balaban J connectivity index is 2.00. The van der Waals surface area contributed by atoms with Gasteiger partial charge in [-0.05, 0) is 12.1 Å². The molecule has 1 amide bonds. The number of anilines is 1. The number of carbonyl (C=O) groups is 1. The molecule has 6 heteroatoms. The number of rotatable bonds is 1. The van der Waals surface area contributed by atoms with Crippen LogP contribution < -0.4 is 9.64 Å². The molecule has 19 heavy (non-hydrogen) atoms. The standard InChI is InChI=1S/C13H10FN3O2/c14-9-1-2-12-11(7-9)17(5-6-19-12)13(18)10-8-15-3-4-16-10/h1-4,7-8H,5-6H2. The summed E-state index contributed by atoms with van der Waals surface area (Å²) < 4.78 is 18.7. The van der Waals surface area contributed by atoms with Crippen LogP contribution in [0.3, 0.4) is 0 Å². The monoisotopic (exact) mass is 259 g/mol. The van der Waals surface area contributed by atoms with E-state index >= 15 is 0 Å². The van der Waals surface area contributed by atoms with Gasteiger partial charge >= 0.3 is 0 Å². The first-order chi connectivity index (χ1) is 9.25. The fourth-order valence-corrected chi connectivity index (χ4v) is 1.95. The molecule has 0 aliphatic carbocycles. The predicted octanol–water partition coefficient (Wildman–Crippen LogP) is 1.65. The molecule has 2 aromatic rings. The molecule has 0 N–H and O–H groups in total. The Morgan fingerprint density at radius 3 is 3.05 bits per heavy atom. The average molecular weight is 259 g/mol. The Morgan fingerprint density at radius 1 is 1.37 bits per heavy atom. The third kappa shape index (κ3) is 2.12. The Morgan fingerprint density at radius 2 is 2.26 bits per heavy atom. The van der Waals surface area contributed by atoms with E-state index in [-0.39, 0.29) is 11.6 Å². The van der Waals surface area contributed by atoms with E-state index in [9.17, 15) is 9.18 Å². The van der Waals surface area contributed by atoms with Gasteiger partial charge in [-0.1, -0.05) is 0 Å². The molecule has 5 nitrogen and oxygen atoms in total. The average Bonchev–Trinajstić information content (AvgIpc) is 2.47. The summed E-state index contributed by atoms with van der Waals surface area (Å²) in [5.41, 5.74) is 0.640. The summed E-state index contributed by atoms with van der Waals surface area (Å²) in [6, 6.07) is 4.10. The van der Waals surface area contributed by atoms with Crippen LogP contribution in [0.2, 0.25) is 0 Å². The summed E-state index contributed by atoms with van der Waals surface area (Å²) in [7, 11) is 0. The number of hydrogen-bond donors (Lipinski definition) is 0. The van der Waals surface area contributed by atoms with Crippen molar-refractivity contribution in [3.8, 4) is 5.75 Å². The second kappa shape index (κ2) is 4.64. The normalized spacial score (nSPS) is 13.6. The van der Waals surface area contributed by atoms with Crippen LogP contribution in [-0.2, 0) is 0 Å². The lowest BCUT2D eigenvalue weighted by molar-refractivity contribution is 0.0971. The van der Waals surface area contributed by atoms with Crippen molar-refractivity contribution in [2.45, 2.75) is 0 Å². The van der Waals surface area contributed by atoms with E-state index in [1.165, 1.54) is 41.7 Å². The fraction of sp³-hybridized carbons (Fsp3) is 0.154. The number of fused-ring (bicyclic) bond motifs is 1. The minimum atomic E-state index is -0.416. The van der Waals surface area contributed by atoms with Crippen molar-refractivity contribution in [1.29, 1.82) is 0 Å². The van der Waals surface area contributed by atoms with Crippen molar-refractivity contribution < 1.29 is 13.9 Å². The number of hydrogen-bond acceptors (Lipinski definition) is 4. The number of amides is 1. The maximum atomic E-state index is 13.3. The van der Waals surface area contributed by atoms with Crippen molar-refractivity contribution in [1.82, 2.24) is 9.97 Å². The van der Waals surface area contributed by atoms with Gasteiger partial charge in [-0.15, -0.1) is 0 Å². The Hall–Kier alpha value is -2.50. The van der Waals surface area contributed by atoms with Gasteiger partial charge in [0.15, 0.2) is 0 Å². The van der Waals surface area contributed by atoms with Crippen molar-refractivity contribution >= 4 is 11.6 Å². The first kappa shape index (κ1) is 11.6. The van der Waals surface area contributed by atoms with Crippen molar-refractivity contribution in [3.63, 3.8) is 0 Å². The number of benzene rings is 1. The predicted molar refractivity (Wildman–Crippen MR) is 65.6 cm³/mol. The molecule has 0 bridgehead atoms. The Bertz CT molecular complexity index is 619. The lowest BCUT2D eigenvalue weighted by atomic mass is 10.2. The molecule has 0 radical (unpaired) electrons. The highest BCUT2D eigenvalue weighted by molar-refractivity contribution is 6.05. The van der Waals surface area contributed by atoms with E-state index in [1.54, 1.807) is 0 Å². The van der Waals surface area contributed by atoms with Crippen LogP contribution in [0.25, 0.3) is 0 Å². The highest BCUT2D eigenvalue weighted by Gasteiger charge is 2.25. The molecule has 0 saturated carbocycles. The zero-order chi connectivity index (χ0) is 13.2. The zero-order valence-electron chi connectivity index (χ0n) is 9.91. The van der Waals surface area contributed by atoms with Gasteiger partial charge in [-0.2, -0.15) is 0 Å². The van der Waals surface area contributed by atoms with Crippen LogP contribution in [-0.4, -0.2) is 29.0 Å². The van der Waals surface area contributed by atoms with Crippen LogP contribution in [0, 0.1) is 5.82 Å². The Kier molecular flexibility index (Phi) is 2.83. The molecule has 1 aliphatic rings. The number of carbonyl (C=O) groups excluding carboxylic acids is 1. The summed E-state index contributed by atoms with van der Waals surface area (Å²) >= 11 is 0. The van der Waals surface area contributed by atoms with Crippen LogP contribution in [0.15, 0.2) is 36.8 Å². The van der Waals surface area contributed by atoms with E-state index in [0.717, 1.165) is 0 Å². The number of halogens is 1. The maximum Gasteiger partial charge on any atom is 0.278 e. The summed E-state index contributed by atoms with van der Waals surface area (Å²) in [6.45, 7) is 0.719. The molecule has 3 rings (SSSR count). The molecule has 2 heterocycles. The summed E-state index contributed by atoms with van der Waals surface area (Å²) in [6.07, 6.45) is 4.32. The summed E-state index contributed by atoms with van der Waals surface area (Å²) in [5, 5.41) is 0. The molecular formula is C13H10FN3O2. The molecule has 0 unspecified atom stereocenters. The van der Waals surface area contributed by atoms with Crippen molar-refractivity contribution in [2.24, 2.45) is 0 Å². The molecule has 0 atom stereocenters. The minimum absolute atomic E-state index is 0.222. The van der Waals surface area contributed by atoms with E-state index in [0.29, 0.717) is 24.6 Å². The molecule has 1 aromatic heterocycles. The quantitative estimate of drug-likeness (QED) is 0.781. The van der Waals surface area contributed by atoms with Crippen LogP contribution >= 0.6 is 0 Å². The van der Waals surface area contributed by atoms with E-state index in [2.05, 4.69) is 9.97 Å². The van der Waals surface area contributed by atoms with Crippen LogP contribution in [0.4, 0.5) is 10.1 Å². The SMILES string of the molecule is O=C(c1cnccn1)N1CCOc2ccc(F)cc21. The van der Waals surface area contributed by atoms with Gasteiger partial charge in [-0.3, -0.25) is 14.7 Å². The van der Waals surface area contributed by atoms with Gasteiger partial charge in [0.1, 0.15) is 23.9 Å². The fourth-order valence-electron chi connectivity index (χ4n) is 1.95. The maximum absolute atomic E-state index is 13.3. The van der Waals surface area contributed by atoms with Gasteiger partial charge in [0.2, 0.25) is 0 Å². The second-order valence-electron chi connectivity index (χ2n) is 4.01. The topological polar surface area (TPSA) is 55.3 Å². The van der Waals surface area contributed by atoms with Crippen LogP contribution in [0.5, 0.6) is 5.75 Å². The molecule has 1 aliphatic heterocycles. The van der Waals surface area contributed by atoms with Gasteiger partial charge < -0.3 is 4.74 Å². The lowest BCUT2D eigenvalue weighted by Crippen LogP contribution is -2.38. The smallest absolute Gasteiger partial charge is 0.278 e. The second-order valence-corrected chi connectivity index (χ2v) is 4.01. The third-order valence-electron chi connectivity index (χ3n) is 2.81. The zero-order valence-corrected chi connectivity index (χ0v) is 9.91. The third-order valence-corrected chi connectivity index (χ3v) is 2.81. The molecule has 1 aromatic carbocycles. The van der Waals surface area contributed by atoms with E-state index in [4.69, 9.17) is 4.74 Å². The van der Waals surface area contributed by atoms with E-state index in [1.807, 2.05) is 0 Å². The van der Waals surface area contributed by atoms with Gasteiger partial charge in [-0.25, -0.2) is 9.37 Å². The number of ether oxygens (including phenoxy) is 1. The Labute approximate surface area is 108 Å². The summed E-state index contributed by atoms with van der Waals surface area (Å²) in [4.78, 5) is 21.6. The lowest BCUT2D eigenvalue weighted by Gasteiger charge is -2.29. The highest BCUT2D eigenvalue weighted by Crippen LogP contribution is 2.32. The molecule has 96 valence electrons. The van der Waals surface area contributed by atoms with Crippen molar-refractivity contribution in [2.75, 3.05) is 18.1 Å². The highest BCUT2D eigenvalue weighted by atomic mass is 19.1. The van der Waals surface area contributed by atoms with Crippen molar-refractivity contribution in [3.05, 3.63) is 48.3 Å². The molecule has 0 saturated heterocycles. The van der Waals surface area contributed by atoms with Gasteiger partial charge in [0.05, 0.1) is 18.4 Å².